The first kappa shape index (κ1) is 31.2. The lowest BCUT2D eigenvalue weighted by atomic mass is 9.72. The van der Waals surface area contributed by atoms with Crippen molar-refractivity contribution in [1.29, 1.82) is 0 Å². The van der Waals surface area contributed by atoms with Gasteiger partial charge in [-0.15, -0.1) is 11.3 Å². The molecule has 1 amide bonds. The number of nitrogens with zero attached hydrogens (tertiary/aromatic N) is 3. The minimum absolute atomic E-state index is 0.0613. The highest BCUT2D eigenvalue weighted by molar-refractivity contribution is 7.91. The molecule has 4 aliphatic rings. The van der Waals surface area contributed by atoms with E-state index in [-0.39, 0.29) is 34.4 Å². The molecule has 0 radical (unpaired) electrons. The highest BCUT2D eigenvalue weighted by Gasteiger charge is 2.62. The smallest absolute Gasteiger partial charge is 0.358 e. The molecular weight excluding hydrogens is 606 g/mol. The van der Waals surface area contributed by atoms with Gasteiger partial charge >= 0.3 is 11.9 Å². The Bertz CT molecular complexity index is 1590. The number of hydrogen-bond donors (Lipinski definition) is 1. The van der Waals surface area contributed by atoms with Gasteiger partial charge in [0.2, 0.25) is 5.91 Å². The van der Waals surface area contributed by atoms with Gasteiger partial charge in [-0.25, -0.2) is 18.2 Å². The Hall–Kier alpha value is -2.77. The van der Waals surface area contributed by atoms with E-state index in [1.807, 2.05) is 6.92 Å². The fourth-order valence-electron chi connectivity index (χ4n) is 8.16. The molecule has 4 heterocycles. The van der Waals surface area contributed by atoms with E-state index in [1.54, 1.807) is 17.5 Å². The minimum Gasteiger partial charge on any atom is -0.422 e. The van der Waals surface area contributed by atoms with Crippen molar-refractivity contribution >= 4 is 49.4 Å². The molecule has 2 saturated carbocycles. The number of carbonyl (C=O) groups is 3. The van der Waals surface area contributed by atoms with Gasteiger partial charge in [0.1, 0.15) is 16.9 Å². The zero-order valence-electron chi connectivity index (χ0n) is 25.7. The van der Waals surface area contributed by atoms with E-state index >= 15 is 0 Å². The normalized spacial score (nSPS) is 26.1. The van der Waals surface area contributed by atoms with Crippen molar-refractivity contribution in [2.24, 2.45) is 23.7 Å². The summed E-state index contributed by atoms with van der Waals surface area (Å²) in [4.78, 5) is 47.3. The molecule has 240 valence electrons. The first-order valence-electron chi connectivity index (χ1n) is 15.7. The second-order valence-electron chi connectivity index (χ2n) is 13.0. The molecule has 13 heteroatoms. The van der Waals surface area contributed by atoms with E-state index in [0.717, 1.165) is 70.5 Å². The maximum Gasteiger partial charge on any atom is 0.358 e. The third kappa shape index (κ3) is 5.08. The monoisotopic (exact) mass is 647 g/mol. The Morgan fingerprint density at radius 3 is 2.18 bits per heavy atom. The van der Waals surface area contributed by atoms with Crippen molar-refractivity contribution in [3.05, 3.63) is 23.1 Å². The van der Waals surface area contributed by atoms with Gasteiger partial charge in [0.25, 0.3) is 5.79 Å². The van der Waals surface area contributed by atoms with Crippen LogP contribution in [0.4, 0.5) is 0 Å². The molecule has 44 heavy (non-hydrogen) atoms. The molecule has 0 aromatic carbocycles. The van der Waals surface area contributed by atoms with Gasteiger partial charge in [0.15, 0.2) is 14.9 Å². The average Bonchev–Trinajstić information content (AvgIpc) is 3.62. The lowest BCUT2D eigenvalue weighted by Gasteiger charge is -2.48. The number of rotatable bonds is 8. The molecule has 0 bridgehead atoms. The lowest BCUT2D eigenvalue weighted by molar-refractivity contribution is -0.275. The summed E-state index contributed by atoms with van der Waals surface area (Å²) in [6, 6.07) is -0.471. The Labute approximate surface area is 261 Å². The van der Waals surface area contributed by atoms with Crippen molar-refractivity contribution < 1.29 is 37.4 Å². The van der Waals surface area contributed by atoms with Gasteiger partial charge in [0.05, 0.1) is 22.9 Å². The van der Waals surface area contributed by atoms with E-state index in [2.05, 4.69) is 4.98 Å². The number of hydrogen-bond acceptors (Lipinski definition) is 10. The van der Waals surface area contributed by atoms with Crippen LogP contribution >= 0.6 is 11.3 Å². The average molecular weight is 648 g/mol. The number of aliphatic hydroxyl groups excluding tert-OH is 1. The number of β-lactam (4-membered cyclic amide) rings is 1. The number of amides is 1. The number of carbonyl (C=O) groups excluding carboxylic acids is 3. The van der Waals surface area contributed by atoms with Crippen LogP contribution in [0, 0.1) is 23.7 Å². The van der Waals surface area contributed by atoms with Crippen LogP contribution in [0.5, 0.6) is 0 Å². The first-order chi connectivity index (χ1) is 20.8. The SMILES string of the molecule is CC(=O)OC(OC(=O)C1=C(c2cn3cnc(S(C)(=O)=O)c3s2)[C@H](C)[C@@H]2[C@@H]([C@@H](C)O)C(=O)N12)(C1CCCCC1)C1CCCCC1. The molecule has 3 fully saturated rings. The summed E-state index contributed by atoms with van der Waals surface area (Å²) in [5.41, 5.74) is 0.625. The van der Waals surface area contributed by atoms with Crippen molar-refractivity contribution in [2.45, 2.75) is 108 Å². The van der Waals surface area contributed by atoms with Crippen molar-refractivity contribution in [3.8, 4) is 0 Å². The van der Waals surface area contributed by atoms with Crippen LogP contribution in [-0.4, -0.2) is 69.8 Å². The van der Waals surface area contributed by atoms with Crippen LogP contribution in [0.15, 0.2) is 23.2 Å². The molecule has 2 aromatic heterocycles. The molecule has 11 nitrogen and oxygen atoms in total. The third-order valence-corrected chi connectivity index (χ3v) is 12.3. The van der Waals surface area contributed by atoms with Crippen molar-refractivity contribution in [2.75, 3.05) is 6.26 Å². The first-order valence-corrected chi connectivity index (χ1v) is 18.4. The molecular formula is C31H41N3O8S2. The number of esters is 2. The van der Waals surface area contributed by atoms with Gasteiger partial charge in [-0.05, 0) is 32.6 Å². The van der Waals surface area contributed by atoms with Crippen molar-refractivity contribution in [1.82, 2.24) is 14.3 Å². The molecule has 2 aliphatic carbocycles. The summed E-state index contributed by atoms with van der Waals surface area (Å²) >= 11 is 1.18. The van der Waals surface area contributed by atoms with Gasteiger partial charge in [-0.2, -0.15) is 0 Å². The quantitative estimate of drug-likeness (QED) is 0.251. The highest BCUT2D eigenvalue weighted by Crippen LogP contribution is 2.53. The Morgan fingerprint density at radius 1 is 1.07 bits per heavy atom. The van der Waals surface area contributed by atoms with E-state index in [4.69, 9.17) is 9.47 Å². The van der Waals surface area contributed by atoms with E-state index in [1.165, 1.54) is 29.5 Å². The summed E-state index contributed by atoms with van der Waals surface area (Å²) in [5, 5.41) is 10.4. The van der Waals surface area contributed by atoms with Crippen LogP contribution in [-0.2, 0) is 33.7 Å². The summed E-state index contributed by atoms with van der Waals surface area (Å²) in [6.45, 7) is 4.82. The second kappa shape index (κ2) is 11.5. The van der Waals surface area contributed by atoms with Gasteiger partial charge < -0.3 is 19.5 Å². The largest absolute Gasteiger partial charge is 0.422 e. The third-order valence-electron chi connectivity index (χ3n) is 10.1. The molecule has 2 aliphatic heterocycles. The number of aromatic nitrogens is 2. The number of imidazole rings is 1. The predicted octanol–water partition coefficient (Wildman–Crippen LogP) is 4.33. The molecule has 2 aromatic rings. The maximum atomic E-state index is 14.6. The molecule has 0 spiro atoms. The standard InChI is InChI=1S/C31H41N3O8S2/c1-17-23(22-15-33-16-32-27(29(33)43-22)44(4,39)40)26(34-25(17)24(18(2)35)28(34)37)30(38)42-31(41-19(3)36,20-11-7-5-8-12-20)21-13-9-6-10-14-21/h15-18,20-21,24-25,35H,5-14H2,1-4H3/t17-,18+,24+,25+/m0/s1. The minimum atomic E-state index is -3.61. The zero-order valence-corrected chi connectivity index (χ0v) is 27.3. The Kier molecular flexibility index (Phi) is 8.19. The molecule has 6 rings (SSSR count). The van der Waals surface area contributed by atoms with Crippen LogP contribution in [0.3, 0.4) is 0 Å². The van der Waals surface area contributed by atoms with Gasteiger partial charge in [-0.1, -0.05) is 45.4 Å². The lowest BCUT2D eigenvalue weighted by Crippen LogP contribution is -2.64. The summed E-state index contributed by atoms with van der Waals surface area (Å²) in [7, 11) is -3.61. The number of sulfone groups is 1. The number of fused-ring (bicyclic) bond motifs is 2. The van der Waals surface area contributed by atoms with E-state index in [0.29, 0.717) is 15.3 Å². The summed E-state index contributed by atoms with van der Waals surface area (Å²) in [6.07, 6.45) is 12.3. The predicted molar refractivity (Wildman–Crippen MR) is 162 cm³/mol. The van der Waals surface area contributed by atoms with Crippen LogP contribution < -0.4 is 0 Å². The molecule has 1 saturated heterocycles. The topological polar surface area (TPSA) is 145 Å². The van der Waals surface area contributed by atoms with Gasteiger partial charge in [0, 0.05) is 42.7 Å². The fourth-order valence-corrected chi connectivity index (χ4v) is 10.5. The maximum absolute atomic E-state index is 14.6. The Balaban J connectivity index is 1.48. The molecule has 1 N–H and O–H groups in total. The van der Waals surface area contributed by atoms with Crippen molar-refractivity contribution in [3.63, 3.8) is 0 Å². The number of thiazole rings is 1. The summed E-state index contributed by atoms with van der Waals surface area (Å²) < 4.78 is 39.1. The Morgan fingerprint density at radius 2 is 1.66 bits per heavy atom. The zero-order chi connectivity index (χ0) is 31.6. The fraction of sp³-hybridized carbons (Fsp3) is 0.677. The van der Waals surface area contributed by atoms with Crippen LogP contribution in [0.1, 0.15) is 89.9 Å². The number of aliphatic hydroxyl groups is 1. The number of ether oxygens (including phenoxy) is 2. The molecule has 0 unspecified atom stereocenters. The van der Waals surface area contributed by atoms with Crippen LogP contribution in [0.2, 0.25) is 0 Å². The highest BCUT2D eigenvalue weighted by atomic mass is 32.2. The van der Waals surface area contributed by atoms with Crippen LogP contribution in [0.25, 0.3) is 10.4 Å². The molecule has 4 atom stereocenters. The second-order valence-corrected chi connectivity index (χ2v) is 16.0. The summed E-state index contributed by atoms with van der Waals surface area (Å²) in [5.74, 6) is -4.43. The van der Waals surface area contributed by atoms with Gasteiger partial charge in [-0.3, -0.25) is 14.0 Å². The van der Waals surface area contributed by atoms with E-state index < -0.39 is 45.6 Å². The van der Waals surface area contributed by atoms with E-state index in [9.17, 15) is 27.9 Å².